The minimum absolute atomic E-state index is 0.163. The molecule has 21 heavy (non-hydrogen) atoms. The summed E-state index contributed by atoms with van der Waals surface area (Å²) in [4.78, 5) is 11.9. The lowest BCUT2D eigenvalue weighted by Gasteiger charge is -2.05. The van der Waals surface area contributed by atoms with Crippen LogP contribution in [0.3, 0.4) is 0 Å². The predicted octanol–water partition coefficient (Wildman–Crippen LogP) is 2.80. The zero-order valence-corrected chi connectivity index (χ0v) is 13.8. The molecule has 5 nitrogen and oxygen atoms in total. The first-order chi connectivity index (χ1) is 9.95. The highest BCUT2D eigenvalue weighted by Gasteiger charge is 2.06. The highest BCUT2D eigenvalue weighted by Crippen LogP contribution is 2.11. The SMILES string of the molecule is C/C(=N\NC(=O)Cn1nc(C)cc1C)c1ccc(Br)cc1. The molecule has 1 heterocycles. The molecule has 0 bridgehead atoms. The second kappa shape index (κ2) is 6.67. The van der Waals surface area contributed by atoms with Crippen molar-refractivity contribution in [3.8, 4) is 0 Å². The summed E-state index contributed by atoms with van der Waals surface area (Å²) in [6.07, 6.45) is 0. The van der Waals surface area contributed by atoms with Crippen molar-refractivity contribution in [1.82, 2.24) is 15.2 Å². The van der Waals surface area contributed by atoms with Gasteiger partial charge in [-0.05, 0) is 44.5 Å². The number of aryl methyl sites for hydroxylation is 2. The summed E-state index contributed by atoms with van der Waals surface area (Å²) in [7, 11) is 0. The normalized spacial score (nSPS) is 11.5. The van der Waals surface area contributed by atoms with Crippen molar-refractivity contribution in [1.29, 1.82) is 0 Å². The lowest BCUT2D eigenvalue weighted by Crippen LogP contribution is -2.25. The molecule has 1 aromatic heterocycles. The van der Waals surface area contributed by atoms with Gasteiger partial charge in [-0.25, -0.2) is 5.43 Å². The van der Waals surface area contributed by atoms with Crippen LogP contribution in [0.5, 0.6) is 0 Å². The molecular formula is C15H17BrN4O. The number of hydrogen-bond acceptors (Lipinski definition) is 3. The Morgan fingerprint density at radius 3 is 2.57 bits per heavy atom. The summed E-state index contributed by atoms with van der Waals surface area (Å²) in [5.41, 5.74) is 6.13. The fraction of sp³-hybridized carbons (Fsp3) is 0.267. The van der Waals surface area contributed by atoms with E-state index in [1.54, 1.807) is 4.68 Å². The number of hydrazone groups is 1. The fourth-order valence-electron chi connectivity index (χ4n) is 1.91. The van der Waals surface area contributed by atoms with E-state index in [1.165, 1.54) is 0 Å². The van der Waals surface area contributed by atoms with Gasteiger partial charge in [-0.1, -0.05) is 28.1 Å². The van der Waals surface area contributed by atoms with Gasteiger partial charge in [0.1, 0.15) is 6.54 Å². The van der Waals surface area contributed by atoms with Gasteiger partial charge in [0, 0.05) is 10.2 Å². The van der Waals surface area contributed by atoms with Crippen LogP contribution in [-0.2, 0) is 11.3 Å². The van der Waals surface area contributed by atoms with Gasteiger partial charge < -0.3 is 0 Å². The number of nitrogens with zero attached hydrogens (tertiary/aromatic N) is 3. The van der Waals surface area contributed by atoms with Crippen molar-refractivity contribution in [2.75, 3.05) is 0 Å². The third kappa shape index (κ3) is 4.26. The summed E-state index contributed by atoms with van der Waals surface area (Å²) in [5, 5.41) is 8.36. The van der Waals surface area contributed by atoms with E-state index < -0.39 is 0 Å². The number of nitrogens with one attached hydrogen (secondary N) is 1. The molecule has 2 aromatic rings. The van der Waals surface area contributed by atoms with Crippen molar-refractivity contribution in [2.45, 2.75) is 27.3 Å². The highest BCUT2D eigenvalue weighted by molar-refractivity contribution is 9.10. The number of rotatable bonds is 4. The third-order valence-electron chi connectivity index (χ3n) is 3.01. The maximum Gasteiger partial charge on any atom is 0.261 e. The number of carbonyl (C=O) groups excluding carboxylic acids is 1. The quantitative estimate of drug-likeness (QED) is 0.682. The Balaban J connectivity index is 1.98. The van der Waals surface area contributed by atoms with Crippen LogP contribution in [0.15, 0.2) is 39.9 Å². The molecule has 0 radical (unpaired) electrons. The van der Waals surface area contributed by atoms with E-state index in [-0.39, 0.29) is 12.5 Å². The average molecular weight is 349 g/mol. The van der Waals surface area contributed by atoms with Crippen LogP contribution in [-0.4, -0.2) is 21.4 Å². The van der Waals surface area contributed by atoms with Crippen molar-refractivity contribution in [3.63, 3.8) is 0 Å². The van der Waals surface area contributed by atoms with Gasteiger partial charge in [0.25, 0.3) is 5.91 Å². The zero-order chi connectivity index (χ0) is 15.4. The molecule has 1 N–H and O–H groups in total. The molecule has 0 saturated heterocycles. The molecule has 110 valence electrons. The summed E-state index contributed by atoms with van der Waals surface area (Å²) in [6, 6.07) is 9.69. The summed E-state index contributed by atoms with van der Waals surface area (Å²) in [5.74, 6) is -0.197. The molecule has 1 amide bonds. The minimum atomic E-state index is -0.197. The Labute approximate surface area is 132 Å². The summed E-state index contributed by atoms with van der Waals surface area (Å²) < 4.78 is 2.67. The van der Waals surface area contributed by atoms with Crippen molar-refractivity contribution in [2.24, 2.45) is 5.10 Å². The van der Waals surface area contributed by atoms with Gasteiger partial charge in [-0.15, -0.1) is 0 Å². The lowest BCUT2D eigenvalue weighted by molar-refractivity contribution is -0.121. The van der Waals surface area contributed by atoms with Crippen LogP contribution in [0.25, 0.3) is 0 Å². The van der Waals surface area contributed by atoms with Gasteiger partial charge in [-0.2, -0.15) is 10.2 Å². The van der Waals surface area contributed by atoms with E-state index in [0.29, 0.717) is 0 Å². The monoisotopic (exact) mass is 348 g/mol. The first kappa shape index (κ1) is 15.4. The van der Waals surface area contributed by atoms with E-state index in [0.717, 1.165) is 27.1 Å². The van der Waals surface area contributed by atoms with Crippen LogP contribution in [0.1, 0.15) is 23.9 Å². The summed E-state index contributed by atoms with van der Waals surface area (Å²) in [6.45, 7) is 5.84. The number of hydrogen-bond donors (Lipinski definition) is 1. The molecule has 0 aliphatic rings. The van der Waals surface area contributed by atoms with Crippen LogP contribution in [0.4, 0.5) is 0 Å². The van der Waals surface area contributed by atoms with Gasteiger partial charge >= 0.3 is 0 Å². The topological polar surface area (TPSA) is 59.3 Å². The van der Waals surface area contributed by atoms with Gasteiger partial charge in [0.05, 0.1) is 11.4 Å². The lowest BCUT2D eigenvalue weighted by atomic mass is 10.1. The molecule has 0 aliphatic carbocycles. The molecule has 2 rings (SSSR count). The number of carbonyl (C=O) groups is 1. The minimum Gasteiger partial charge on any atom is -0.271 e. The second-order valence-electron chi connectivity index (χ2n) is 4.82. The first-order valence-corrected chi connectivity index (χ1v) is 7.35. The van der Waals surface area contributed by atoms with E-state index in [1.807, 2.05) is 51.1 Å². The average Bonchev–Trinajstić information content (AvgIpc) is 2.75. The smallest absolute Gasteiger partial charge is 0.261 e. The standard InChI is InChI=1S/C15H17BrN4O/c1-10-8-11(2)20(19-10)9-15(21)18-17-12(3)13-4-6-14(16)7-5-13/h4-8H,9H2,1-3H3,(H,18,21)/b17-12+. The first-order valence-electron chi connectivity index (χ1n) is 6.56. The van der Waals surface area contributed by atoms with Crippen LogP contribution < -0.4 is 5.43 Å². The van der Waals surface area contributed by atoms with Crippen molar-refractivity contribution < 1.29 is 4.79 Å². The molecule has 1 aromatic carbocycles. The molecule has 0 saturated carbocycles. The van der Waals surface area contributed by atoms with E-state index in [4.69, 9.17) is 0 Å². The number of benzene rings is 1. The Morgan fingerprint density at radius 1 is 1.33 bits per heavy atom. The van der Waals surface area contributed by atoms with Crippen LogP contribution >= 0.6 is 15.9 Å². The van der Waals surface area contributed by atoms with E-state index in [9.17, 15) is 4.79 Å². The molecular weight excluding hydrogens is 332 g/mol. The molecule has 0 fully saturated rings. The van der Waals surface area contributed by atoms with E-state index in [2.05, 4.69) is 31.6 Å². The molecule has 0 aliphatic heterocycles. The molecule has 0 spiro atoms. The highest BCUT2D eigenvalue weighted by atomic mass is 79.9. The maximum absolute atomic E-state index is 11.9. The number of aromatic nitrogens is 2. The second-order valence-corrected chi connectivity index (χ2v) is 5.74. The van der Waals surface area contributed by atoms with Gasteiger partial charge in [-0.3, -0.25) is 9.48 Å². The molecule has 6 heteroatoms. The Morgan fingerprint density at radius 2 is 2.00 bits per heavy atom. The Hall–Kier alpha value is -1.95. The Bertz CT molecular complexity index is 673. The van der Waals surface area contributed by atoms with Crippen LogP contribution in [0.2, 0.25) is 0 Å². The fourth-order valence-corrected chi connectivity index (χ4v) is 2.17. The van der Waals surface area contributed by atoms with E-state index >= 15 is 0 Å². The predicted molar refractivity (Wildman–Crippen MR) is 86.2 cm³/mol. The third-order valence-corrected chi connectivity index (χ3v) is 3.54. The maximum atomic E-state index is 11.9. The zero-order valence-electron chi connectivity index (χ0n) is 12.2. The van der Waals surface area contributed by atoms with Crippen molar-refractivity contribution in [3.05, 3.63) is 51.8 Å². The number of halogens is 1. The molecule has 0 unspecified atom stereocenters. The Kier molecular flexibility index (Phi) is 4.90. The summed E-state index contributed by atoms with van der Waals surface area (Å²) >= 11 is 3.38. The van der Waals surface area contributed by atoms with Gasteiger partial charge in [0.2, 0.25) is 0 Å². The van der Waals surface area contributed by atoms with Crippen molar-refractivity contribution >= 4 is 27.5 Å². The largest absolute Gasteiger partial charge is 0.271 e. The van der Waals surface area contributed by atoms with Crippen LogP contribution in [0, 0.1) is 13.8 Å². The van der Waals surface area contributed by atoms with Gasteiger partial charge in [0.15, 0.2) is 0 Å². The number of amides is 1. The molecule has 0 atom stereocenters.